The molecule has 0 unspecified atom stereocenters. The molecule has 0 saturated heterocycles. The van der Waals surface area contributed by atoms with Crippen molar-refractivity contribution in [3.63, 3.8) is 0 Å². The van der Waals surface area contributed by atoms with Gasteiger partial charge in [-0.3, -0.25) is 4.57 Å². The zero-order chi connectivity index (χ0) is 33.8. The van der Waals surface area contributed by atoms with Crippen LogP contribution in [-0.4, -0.2) is 24.1 Å². The van der Waals surface area contributed by atoms with Gasteiger partial charge < -0.3 is 4.57 Å². The molecular weight excluding hydrogens is 623 g/mol. The molecule has 240 valence electrons. The van der Waals surface area contributed by atoms with Crippen LogP contribution in [-0.2, 0) is 5.41 Å². The van der Waals surface area contributed by atoms with E-state index < -0.39 is 0 Å². The average molecular weight is 654 g/mol. The van der Waals surface area contributed by atoms with E-state index in [-0.39, 0.29) is 5.41 Å². The normalized spacial score (nSPS) is 13.5. The summed E-state index contributed by atoms with van der Waals surface area (Å²) in [6.45, 7) is 4.76. The summed E-state index contributed by atoms with van der Waals surface area (Å²) < 4.78 is 4.79. The largest absolute Gasteiger partial charge is 0.309 e. The molecule has 0 aliphatic carbocycles. The molecule has 0 atom stereocenters. The summed E-state index contributed by atoms with van der Waals surface area (Å²) >= 11 is 0. The number of nitrogens with zero attached hydrogens (tertiary/aromatic N) is 5. The molecule has 11 rings (SSSR count). The molecule has 0 bridgehead atoms. The maximum atomic E-state index is 5.25. The second kappa shape index (κ2) is 10.2. The van der Waals surface area contributed by atoms with Gasteiger partial charge in [-0.1, -0.05) is 135 Å². The fraction of sp³-hybridized carbons (Fsp3) is 0.0652. The third-order valence-corrected chi connectivity index (χ3v) is 10.9. The number of rotatable bonds is 3. The van der Waals surface area contributed by atoms with Crippen molar-refractivity contribution in [3.8, 4) is 34.4 Å². The molecule has 10 aromatic rings. The summed E-state index contributed by atoms with van der Waals surface area (Å²) in [4.78, 5) is 15.5. The lowest BCUT2D eigenvalue weighted by molar-refractivity contribution is 0.632. The van der Waals surface area contributed by atoms with Crippen LogP contribution in [0.25, 0.3) is 88.8 Å². The number of hydrogen-bond acceptors (Lipinski definition) is 3. The van der Waals surface area contributed by atoms with E-state index >= 15 is 0 Å². The molecule has 5 heteroatoms. The van der Waals surface area contributed by atoms with E-state index in [1.165, 1.54) is 60.2 Å². The summed E-state index contributed by atoms with van der Waals surface area (Å²) in [7, 11) is 0. The van der Waals surface area contributed by atoms with Crippen molar-refractivity contribution < 1.29 is 0 Å². The highest BCUT2D eigenvalue weighted by Crippen LogP contribution is 2.52. The van der Waals surface area contributed by atoms with Crippen molar-refractivity contribution in [3.05, 3.63) is 163 Å². The molecule has 0 saturated carbocycles. The second-order valence-electron chi connectivity index (χ2n) is 14.1. The van der Waals surface area contributed by atoms with Crippen molar-refractivity contribution in [2.45, 2.75) is 19.3 Å². The predicted molar refractivity (Wildman–Crippen MR) is 209 cm³/mol. The van der Waals surface area contributed by atoms with Crippen LogP contribution in [0.3, 0.4) is 0 Å². The zero-order valence-electron chi connectivity index (χ0n) is 28.2. The summed E-state index contributed by atoms with van der Waals surface area (Å²) in [5, 5.41) is 7.28. The molecule has 4 heterocycles. The van der Waals surface area contributed by atoms with Gasteiger partial charge in [-0.05, 0) is 52.2 Å². The Morgan fingerprint density at radius 3 is 1.67 bits per heavy atom. The smallest absolute Gasteiger partial charge is 0.238 e. The van der Waals surface area contributed by atoms with E-state index in [1.54, 1.807) is 0 Å². The van der Waals surface area contributed by atoms with Crippen molar-refractivity contribution in [1.29, 1.82) is 0 Å². The second-order valence-corrected chi connectivity index (χ2v) is 14.1. The minimum Gasteiger partial charge on any atom is -0.309 e. The van der Waals surface area contributed by atoms with Crippen LogP contribution in [0, 0.1) is 0 Å². The van der Waals surface area contributed by atoms with Gasteiger partial charge in [0.05, 0.1) is 27.8 Å². The van der Waals surface area contributed by atoms with Crippen molar-refractivity contribution in [2.24, 2.45) is 0 Å². The lowest BCUT2D eigenvalue weighted by atomic mass is 9.73. The summed E-state index contributed by atoms with van der Waals surface area (Å²) in [5.41, 5.74) is 10.1. The molecular formula is C46H31N5. The third kappa shape index (κ3) is 3.89. The van der Waals surface area contributed by atoms with E-state index in [4.69, 9.17) is 15.0 Å². The standard InChI is InChI=1S/C46H31N5/c1-46(2)35-25-30-19-9-10-20-31(30)26-39(35)50-38-24-14-12-22-33(38)40-41-34(27-36(46)42(40)50)32-21-11-13-23-37(32)51(41)45-48-43(28-15-5-3-6-16-28)47-44(49-45)29-17-7-4-8-18-29/h3-27H,1-2H3. The summed E-state index contributed by atoms with van der Waals surface area (Å²) in [5.74, 6) is 1.88. The Hall–Kier alpha value is -6.59. The van der Waals surface area contributed by atoms with E-state index in [2.05, 4.69) is 138 Å². The number of fused-ring (bicyclic) bond motifs is 10. The van der Waals surface area contributed by atoms with Crippen LogP contribution in [0.4, 0.5) is 0 Å². The molecule has 0 fully saturated rings. The molecule has 1 aliphatic rings. The fourth-order valence-corrected chi connectivity index (χ4v) is 8.50. The summed E-state index contributed by atoms with van der Waals surface area (Å²) in [6.07, 6.45) is 0. The predicted octanol–water partition coefficient (Wildman–Crippen LogP) is 11.2. The lowest BCUT2D eigenvalue weighted by Crippen LogP contribution is -2.26. The first-order valence-electron chi connectivity index (χ1n) is 17.5. The Balaban J connectivity index is 1.34. The maximum absolute atomic E-state index is 5.25. The Morgan fingerprint density at radius 2 is 1.00 bits per heavy atom. The maximum Gasteiger partial charge on any atom is 0.238 e. The molecule has 51 heavy (non-hydrogen) atoms. The van der Waals surface area contributed by atoms with E-state index in [9.17, 15) is 0 Å². The Kier molecular flexibility index (Phi) is 5.66. The Bertz CT molecular complexity index is 2980. The first-order chi connectivity index (χ1) is 25.1. The molecule has 3 aromatic heterocycles. The molecule has 0 spiro atoms. The Morgan fingerprint density at radius 1 is 0.451 bits per heavy atom. The van der Waals surface area contributed by atoms with Crippen LogP contribution in [0.5, 0.6) is 0 Å². The number of para-hydroxylation sites is 2. The lowest BCUT2D eigenvalue weighted by Gasteiger charge is -2.35. The Labute approximate surface area is 294 Å². The van der Waals surface area contributed by atoms with E-state index in [1.807, 2.05) is 36.4 Å². The monoisotopic (exact) mass is 653 g/mol. The van der Waals surface area contributed by atoms with Gasteiger partial charge in [0.25, 0.3) is 0 Å². The number of aromatic nitrogens is 5. The molecule has 0 N–H and O–H groups in total. The number of hydrogen-bond donors (Lipinski definition) is 0. The fourth-order valence-electron chi connectivity index (χ4n) is 8.50. The molecule has 0 amide bonds. The molecule has 1 aliphatic heterocycles. The van der Waals surface area contributed by atoms with Gasteiger partial charge in [-0.15, -0.1) is 0 Å². The highest BCUT2D eigenvalue weighted by atomic mass is 15.2. The molecule has 0 radical (unpaired) electrons. The van der Waals surface area contributed by atoms with E-state index in [0.717, 1.165) is 22.2 Å². The minimum absolute atomic E-state index is 0.256. The SMILES string of the molecule is CC1(C)c2cc3ccccc3cc2-n2c3ccccc3c3c2c1cc1c2ccccc2n(-c2nc(-c4ccccc4)nc(-c4ccccc4)n2)c13. The highest BCUT2D eigenvalue weighted by molar-refractivity contribution is 6.27. The van der Waals surface area contributed by atoms with Crippen LogP contribution >= 0.6 is 0 Å². The van der Waals surface area contributed by atoms with Gasteiger partial charge in [-0.25, -0.2) is 4.98 Å². The highest BCUT2D eigenvalue weighted by Gasteiger charge is 2.37. The average Bonchev–Trinajstić information content (AvgIpc) is 3.70. The third-order valence-electron chi connectivity index (χ3n) is 10.9. The zero-order valence-corrected chi connectivity index (χ0v) is 28.2. The van der Waals surface area contributed by atoms with E-state index in [0.29, 0.717) is 17.6 Å². The summed E-state index contributed by atoms with van der Waals surface area (Å²) in [6, 6.07) is 53.9. The minimum atomic E-state index is -0.256. The van der Waals surface area contributed by atoms with Crippen molar-refractivity contribution in [1.82, 2.24) is 24.1 Å². The van der Waals surface area contributed by atoms with Crippen LogP contribution in [0.1, 0.15) is 25.0 Å². The van der Waals surface area contributed by atoms with Crippen molar-refractivity contribution in [2.75, 3.05) is 0 Å². The topological polar surface area (TPSA) is 48.5 Å². The van der Waals surface area contributed by atoms with Crippen LogP contribution in [0.15, 0.2) is 152 Å². The molecule has 7 aromatic carbocycles. The van der Waals surface area contributed by atoms with Gasteiger partial charge in [0.15, 0.2) is 11.6 Å². The number of benzene rings is 7. The van der Waals surface area contributed by atoms with Crippen molar-refractivity contribution >= 4 is 54.4 Å². The first kappa shape index (κ1) is 28.3. The quantitative estimate of drug-likeness (QED) is 0.191. The van der Waals surface area contributed by atoms with Crippen LogP contribution in [0.2, 0.25) is 0 Å². The van der Waals surface area contributed by atoms with Gasteiger partial charge in [0.1, 0.15) is 0 Å². The first-order valence-corrected chi connectivity index (χ1v) is 17.5. The molecule has 5 nitrogen and oxygen atoms in total. The van der Waals surface area contributed by atoms with Gasteiger partial charge in [0, 0.05) is 38.1 Å². The van der Waals surface area contributed by atoms with Crippen LogP contribution < -0.4 is 0 Å². The van der Waals surface area contributed by atoms with Gasteiger partial charge >= 0.3 is 0 Å². The van der Waals surface area contributed by atoms with Gasteiger partial charge in [0.2, 0.25) is 5.95 Å². The van der Waals surface area contributed by atoms with Gasteiger partial charge in [-0.2, -0.15) is 9.97 Å².